The first-order valence-corrected chi connectivity index (χ1v) is 8.64. The van der Waals surface area contributed by atoms with Crippen LogP contribution in [0.25, 0.3) is 0 Å². The highest BCUT2D eigenvalue weighted by Crippen LogP contribution is 2.23. The number of carbonyl (C=O) groups is 1. The topological polar surface area (TPSA) is 53.6 Å². The zero-order valence-corrected chi connectivity index (χ0v) is 14.5. The Morgan fingerprint density at radius 2 is 2.17 bits per heavy atom. The quantitative estimate of drug-likeness (QED) is 0.844. The van der Waals surface area contributed by atoms with Crippen LogP contribution in [0.1, 0.15) is 40.0 Å². The molecule has 2 N–H and O–H groups in total. The Labute approximate surface area is 139 Å². The Morgan fingerprint density at radius 1 is 1.39 bits per heavy atom. The average molecular weight is 319 g/mol. The van der Waals surface area contributed by atoms with E-state index in [4.69, 9.17) is 4.74 Å². The Hall–Kier alpha value is -1.75. The third-order valence-corrected chi connectivity index (χ3v) is 4.41. The third-order valence-electron chi connectivity index (χ3n) is 4.41. The van der Waals surface area contributed by atoms with Crippen LogP contribution < -0.4 is 15.4 Å². The van der Waals surface area contributed by atoms with Gasteiger partial charge < -0.3 is 15.4 Å². The van der Waals surface area contributed by atoms with Gasteiger partial charge in [0, 0.05) is 18.6 Å². The van der Waals surface area contributed by atoms with Gasteiger partial charge in [0.1, 0.15) is 5.75 Å². The number of urea groups is 1. The molecule has 0 aliphatic carbocycles. The number of carbonyl (C=O) groups excluding carboxylic acids is 1. The molecule has 1 heterocycles. The third kappa shape index (κ3) is 5.13. The standard InChI is InChI=1S/C18H29N3O2/c1-4-23-17-11-6-5-10-16(17)20-18(22)19-13-15(3)21-12-8-7-9-14(21)2/h5-6,10-11,14-15H,4,7-9,12-13H2,1-3H3,(H2,19,20,22)/t14-,15-/m1/s1. The van der Waals surface area contributed by atoms with Gasteiger partial charge in [-0.25, -0.2) is 4.79 Å². The SMILES string of the molecule is CCOc1ccccc1NC(=O)NC[C@@H](C)N1CCCC[C@H]1C. The second-order valence-electron chi connectivity index (χ2n) is 6.20. The summed E-state index contributed by atoms with van der Waals surface area (Å²) in [6.07, 6.45) is 3.81. The molecule has 1 aromatic rings. The predicted molar refractivity (Wildman–Crippen MR) is 94.1 cm³/mol. The molecular weight excluding hydrogens is 290 g/mol. The van der Waals surface area contributed by atoms with Crippen molar-refractivity contribution in [1.82, 2.24) is 10.2 Å². The van der Waals surface area contributed by atoms with Crippen molar-refractivity contribution in [2.24, 2.45) is 0 Å². The van der Waals surface area contributed by atoms with Gasteiger partial charge in [-0.2, -0.15) is 0 Å². The Kier molecular flexibility index (Phi) is 6.71. The summed E-state index contributed by atoms with van der Waals surface area (Å²) in [6, 6.07) is 8.25. The van der Waals surface area contributed by atoms with E-state index in [0.29, 0.717) is 36.7 Å². The molecule has 0 radical (unpaired) electrons. The first kappa shape index (κ1) is 17.6. The lowest BCUT2D eigenvalue weighted by Gasteiger charge is -2.38. The molecule has 5 heteroatoms. The molecule has 1 aliphatic heterocycles. The normalized spacial score (nSPS) is 19.9. The highest BCUT2D eigenvalue weighted by molar-refractivity contribution is 5.90. The molecule has 23 heavy (non-hydrogen) atoms. The number of para-hydroxylation sites is 2. The van der Waals surface area contributed by atoms with Crippen molar-refractivity contribution in [3.8, 4) is 5.75 Å². The molecule has 1 aliphatic rings. The van der Waals surface area contributed by atoms with Crippen LogP contribution in [-0.4, -0.2) is 42.7 Å². The lowest BCUT2D eigenvalue weighted by atomic mass is 10.0. The zero-order valence-electron chi connectivity index (χ0n) is 14.5. The number of ether oxygens (including phenoxy) is 1. The summed E-state index contributed by atoms with van der Waals surface area (Å²) in [5.74, 6) is 0.697. The van der Waals surface area contributed by atoms with Gasteiger partial charge in [0.05, 0.1) is 12.3 Å². The van der Waals surface area contributed by atoms with Crippen LogP contribution in [0.2, 0.25) is 0 Å². The predicted octanol–water partition coefficient (Wildman–Crippen LogP) is 3.47. The number of nitrogens with zero attached hydrogens (tertiary/aromatic N) is 1. The second kappa shape index (κ2) is 8.77. The van der Waals surface area contributed by atoms with E-state index in [1.165, 1.54) is 19.3 Å². The van der Waals surface area contributed by atoms with E-state index >= 15 is 0 Å². The van der Waals surface area contributed by atoms with Crippen molar-refractivity contribution in [3.63, 3.8) is 0 Å². The second-order valence-corrected chi connectivity index (χ2v) is 6.20. The van der Waals surface area contributed by atoms with Gasteiger partial charge in [0.15, 0.2) is 0 Å². The highest BCUT2D eigenvalue weighted by atomic mass is 16.5. The van der Waals surface area contributed by atoms with Gasteiger partial charge in [-0.15, -0.1) is 0 Å². The molecule has 5 nitrogen and oxygen atoms in total. The van der Waals surface area contributed by atoms with Crippen molar-refractivity contribution < 1.29 is 9.53 Å². The lowest BCUT2D eigenvalue weighted by molar-refractivity contribution is 0.114. The summed E-state index contributed by atoms with van der Waals surface area (Å²) in [7, 11) is 0. The number of rotatable bonds is 6. The van der Waals surface area contributed by atoms with E-state index in [1.807, 2.05) is 31.2 Å². The summed E-state index contributed by atoms with van der Waals surface area (Å²) in [4.78, 5) is 14.6. The molecule has 0 saturated carbocycles. The lowest BCUT2D eigenvalue weighted by Crippen LogP contribution is -2.49. The van der Waals surface area contributed by atoms with E-state index in [9.17, 15) is 4.79 Å². The molecule has 0 unspecified atom stereocenters. The van der Waals surface area contributed by atoms with Crippen LogP contribution in [-0.2, 0) is 0 Å². The number of likely N-dealkylation sites (tertiary alicyclic amines) is 1. The van der Waals surface area contributed by atoms with Crippen LogP contribution >= 0.6 is 0 Å². The monoisotopic (exact) mass is 319 g/mol. The van der Waals surface area contributed by atoms with E-state index < -0.39 is 0 Å². The minimum Gasteiger partial charge on any atom is -0.492 e. The molecule has 0 bridgehead atoms. The first-order chi connectivity index (χ1) is 11.1. The van der Waals surface area contributed by atoms with Gasteiger partial charge in [0.2, 0.25) is 0 Å². The first-order valence-electron chi connectivity index (χ1n) is 8.64. The molecule has 1 fully saturated rings. The van der Waals surface area contributed by atoms with Crippen molar-refractivity contribution >= 4 is 11.7 Å². The molecule has 0 aromatic heterocycles. The summed E-state index contributed by atoms with van der Waals surface area (Å²) in [5.41, 5.74) is 0.700. The molecule has 0 spiro atoms. The number of piperidine rings is 1. The van der Waals surface area contributed by atoms with Crippen LogP contribution in [0.5, 0.6) is 5.75 Å². The van der Waals surface area contributed by atoms with E-state index in [0.717, 1.165) is 6.54 Å². The molecule has 1 aromatic carbocycles. The van der Waals surface area contributed by atoms with E-state index in [1.54, 1.807) is 0 Å². The van der Waals surface area contributed by atoms with Gasteiger partial charge in [-0.1, -0.05) is 18.6 Å². The fraction of sp³-hybridized carbons (Fsp3) is 0.611. The Morgan fingerprint density at radius 3 is 2.91 bits per heavy atom. The molecule has 2 rings (SSSR count). The van der Waals surface area contributed by atoms with Crippen molar-refractivity contribution in [1.29, 1.82) is 0 Å². The molecule has 2 amide bonds. The summed E-state index contributed by atoms with van der Waals surface area (Å²) in [6.45, 7) is 8.72. The van der Waals surface area contributed by atoms with Crippen LogP contribution in [0, 0.1) is 0 Å². The summed E-state index contributed by atoms with van der Waals surface area (Å²) >= 11 is 0. The number of nitrogens with one attached hydrogen (secondary N) is 2. The van der Waals surface area contributed by atoms with Crippen LogP contribution in [0.4, 0.5) is 10.5 Å². The van der Waals surface area contributed by atoms with Gasteiger partial charge in [-0.3, -0.25) is 4.90 Å². The number of anilines is 1. The minimum absolute atomic E-state index is 0.186. The number of hydrogen-bond donors (Lipinski definition) is 2. The van der Waals surface area contributed by atoms with Gasteiger partial charge >= 0.3 is 6.03 Å². The Bertz CT molecular complexity index is 507. The smallest absolute Gasteiger partial charge is 0.319 e. The van der Waals surface area contributed by atoms with Crippen LogP contribution in [0.3, 0.4) is 0 Å². The number of amides is 2. The van der Waals surface area contributed by atoms with Crippen LogP contribution in [0.15, 0.2) is 24.3 Å². The molecule has 1 saturated heterocycles. The van der Waals surface area contributed by atoms with Gasteiger partial charge in [0.25, 0.3) is 0 Å². The maximum atomic E-state index is 12.1. The number of hydrogen-bond acceptors (Lipinski definition) is 3. The van der Waals surface area contributed by atoms with Crippen molar-refractivity contribution in [2.45, 2.75) is 52.1 Å². The molecular formula is C18H29N3O2. The minimum atomic E-state index is -0.186. The average Bonchev–Trinajstić information content (AvgIpc) is 2.55. The highest BCUT2D eigenvalue weighted by Gasteiger charge is 2.23. The Balaban J connectivity index is 1.83. The summed E-state index contributed by atoms with van der Waals surface area (Å²) < 4.78 is 5.52. The van der Waals surface area contributed by atoms with E-state index in [-0.39, 0.29) is 6.03 Å². The molecule has 2 atom stereocenters. The summed E-state index contributed by atoms with van der Waals surface area (Å²) in [5, 5.41) is 5.84. The van der Waals surface area contributed by atoms with E-state index in [2.05, 4.69) is 29.4 Å². The van der Waals surface area contributed by atoms with Crippen molar-refractivity contribution in [2.75, 3.05) is 25.0 Å². The zero-order chi connectivity index (χ0) is 16.7. The largest absolute Gasteiger partial charge is 0.492 e. The fourth-order valence-electron chi connectivity index (χ4n) is 3.15. The number of benzene rings is 1. The van der Waals surface area contributed by atoms with Gasteiger partial charge in [-0.05, 0) is 52.3 Å². The van der Waals surface area contributed by atoms with Crippen molar-refractivity contribution in [3.05, 3.63) is 24.3 Å². The fourth-order valence-corrected chi connectivity index (χ4v) is 3.15. The molecule has 128 valence electrons. The maximum Gasteiger partial charge on any atom is 0.319 e. The maximum absolute atomic E-state index is 12.1.